The molecule has 15 heteroatoms. The summed E-state index contributed by atoms with van der Waals surface area (Å²) in [5.74, 6) is -2.06. The van der Waals surface area contributed by atoms with Gasteiger partial charge in [-0.2, -0.15) is 0 Å². The highest BCUT2D eigenvalue weighted by atomic mass is 19.1. The van der Waals surface area contributed by atoms with E-state index in [0.717, 1.165) is 16.7 Å². The largest absolute Gasteiger partial charge is 0.481 e. The van der Waals surface area contributed by atoms with Crippen molar-refractivity contribution >= 4 is 40.8 Å². The number of rotatable bonds is 15. The Labute approximate surface area is 402 Å². The van der Waals surface area contributed by atoms with Gasteiger partial charge in [0, 0.05) is 22.4 Å². The number of benzodiazepines with no additional fused rings is 1. The van der Waals surface area contributed by atoms with Crippen molar-refractivity contribution in [3.8, 4) is 17.1 Å². The second-order valence-corrected chi connectivity index (χ2v) is 16.2. The molecule has 0 radical (unpaired) electrons. The minimum atomic E-state index is -1.66. The molecule has 14 nitrogen and oxygen atoms in total. The van der Waals surface area contributed by atoms with Gasteiger partial charge in [0.2, 0.25) is 6.17 Å². The minimum Gasteiger partial charge on any atom is -0.481 e. The van der Waals surface area contributed by atoms with Gasteiger partial charge >= 0.3 is 12.0 Å². The molecule has 348 valence electrons. The van der Waals surface area contributed by atoms with Gasteiger partial charge in [0.15, 0.2) is 18.2 Å². The fourth-order valence-electron chi connectivity index (χ4n) is 8.76. The molecule has 70 heavy (non-hydrogen) atoms. The third-order valence-corrected chi connectivity index (χ3v) is 11.8. The first-order valence-electron chi connectivity index (χ1n) is 22.5. The van der Waals surface area contributed by atoms with Crippen LogP contribution in [-0.2, 0) is 19.9 Å². The Morgan fingerprint density at radius 3 is 2.01 bits per heavy atom. The Bertz CT molecular complexity index is 3140. The normalized spacial score (nSPS) is 13.4. The second-order valence-electron chi connectivity index (χ2n) is 16.2. The summed E-state index contributed by atoms with van der Waals surface area (Å²) in [4.78, 5) is 61.7. The van der Waals surface area contributed by atoms with E-state index in [9.17, 15) is 19.2 Å². The molecule has 1 aliphatic rings. The van der Waals surface area contributed by atoms with E-state index >= 15 is 4.39 Å². The van der Waals surface area contributed by atoms with Crippen LogP contribution in [0.4, 0.5) is 20.6 Å². The number of hydrogen-bond acceptors (Lipinski definition) is 10. The molecule has 1 unspecified atom stereocenters. The van der Waals surface area contributed by atoms with Crippen molar-refractivity contribution in [2.45, 2.75) is 25.6 Å². The number of aliphatic imine (C=N–C) groups is 1. The maximum Gasteiger partial charge on any atom is 0.344 e. The van der Waals surface area contributed by atoms with Crippen molar-refractivity contribution in [1.82, 2.24) is 25.5 Å². The SMILES string of the molecule is CCOC(=O)COc1ccccc1C(=O)CN1C(=O)C(NC(=O)Nc2cccc(-c3nnnn3C(c3ccccc3)(c3ccccc3)c3ccccc3)c2)N=C(c2ccccc2F)c2cccc(C)c21. The van der Waals surface area contributed by atoms with Gasteiger partial charge in [-0.25, -0.2) is 23.7 Å². The molecule has 2 N–H and O–H groups in total. The Kier molecular flexibility index (Phi) is 13.4. The quantitative estimate of drug-likeness (QED) is 0.0580. The number of aromatic nitrogens is 4. The average molecular weight is 933 g/mol. The van der Waals surface area contributed by atoms with E-state index < -0.39 is 54.4 Å². The Morgan fingerprint density at radius 2 is 1.34 bits per heavy atom. The fraction of sp³-hybridized carbons (Fsp3) is 0.127. The number of nitrogens with one attached hydrogen (secondary N) is 2. The van der Waals surface area contributed by atoms with Crippen LogP contribution in [0.1, 0.15) is 50.7 Å². The van der Waals surface area contributed by atoms with Crippen LogP contribution in [0.25, 0.3) is 11.4 Å². The lowest BCUT2D eigenvalue weighted by atomic mass is 9.77. The van der Waals surface area contributed by atoms with Gasteiger partial charge in [-0.3, -0.25) is 9.59 Å². The van der Waals surface area contributed by atoms with Crippen LogP contribution in [0.15, 0.2) is 187 Å². The number of ether oxygens (including phenoxy) is 2. The number of amides is 3. The molecule has 9 rings (SSSR count). The minimum absolute atomic E-state index is 0.0725. The smallest absolute Gasteiger partial charge is 0.344 e. The molecule has 0 saturated heterocycles. The van der Waals surface area contributed by atoms with Gasteiger partial charge < -0.3 is 25.0 Å². The second kappa shape index (κ2) is 20.4. The maximum absolute atomic E-state index is 15.8. The van der Waals surface area contributed by atoms with E-state index in [1.807, 2.05) is 97.1 Å². The van der Waals surface area contributed by atoms with Gasteiger partial charge in [-0.15, -0.1) is 5.10 Å². The van der Waals surface area contributed by atoms with Crippen molar-refractivity contribution in [3.05, 3.63) is 227 Å². The summed E-state index contributed by atoms with van der Waals surface area (Å²) in [6.07, 6.45) is -1.66. The molecule has 1 atom stereocenters. The number of halogens is 1. The number of ketones is 1. The number of anilines is 2. The summed E-state index contributed by atoms with van der Waals surface area (Å²) in [6.45, 7) is 2.59. The summed E-state index contributed by atoms with van der Waals surface area (Å²) < 4.78 is 28.2. The van der Waals surface area contributed by atoms with Crippen LogP contribution >= 0.6 is 0 Å². The Hall–Kier alpha value is -9.11. The van der Waals surface area contributed by atoms with E-state index in [4.69, 9.17) is 14.5 Å². The number of benzene rings is 7. The van der Waals surface area contributed by atoms with Crippen LogP contribution in [0.3, 0.4) is 0 Å². The first-order valence-corrected chi connectivity index (χ1v) is 22.5. The molecule has 8 aromatic rings. The lowest BCUT2D eigenvalue weighted by molar-refractivity contribution is -0.145. The van der Waals surface area contributed by atoms with E-state index in [-0.39, 0.29) is 29.2 Å². The first-order chi connectivity index (χ1) is 34.2. The topological polar surface area (TPSA) is 170 Å². The molecule has 0 aliphatic carbocycles. The van der Waals surface area contributed by atoms with E-state index in [2.05, 4.69) is 26.2 Å². The van der Waals surface area contributed by atoms with Gasteiger partial charge in [-0.1, -0.05) is 146 Å². The number of esters is 1. The van der Waals surface area contributed by atoms with Crippen molar-refractivity contribution in [2.24, 2.45) is 4.99 Å². The number of fused-ring (bicyclic) bond motifs is 1. The molecular weight excluding hydrogens is 888 g/mol. The van der Waals surface area contributed by atoms with Crippen LogP contribution < -0.4 is 20.3 Å². The van der Waals surface area contributed by atoms with Crippen molar-refractivity contribution in [3.63, 3.8) is 0 Å². The molecule has 3 amide bonds. The summed E-state index contributed by atoms with van der Waals surface area (Å²) in [5, 5.41) is 18.9. The van der Waals surface area contributed by atoms with Crippen molar-refractivity contribution in [2.75, 3.05) is 30.0 Å². The van der Waals surface area contributed by atoms with Crippen molar-refractivity contribution in [1.29, 1.82) is 0 Å². The van der Waals surface area contributed by atoms with Gasteiger partial charge in [0.05, 0.1) is 30.1 Å². The number of carbonyl (C=O) groups is 4. The summed E-state index contributed by atoms with van der Waals surface area (Å²) >= 11 is 0. The number of urea groups is 1. The molecular formula is C55H45FN8O6. The highest BCUT2D eigenvalue weighted by molar-refractivity contribution is 6.22. The van der Waals surface area contributed by atoms with Crippen LogP contribution in [0, 0.1) is 12.7 Å². The third-order valence-electron chi connectivity index (χ3n) is 11.8. The number of Topliss-reactive ketones (excluding diaryl/α,β-unsaturated/α-hetero) is 1. The number of para-hydroxylation sites is 2. The zero-order valence-electron chi connectivity index (χ0n) is 38.0. The van der Waals surface area contributed by atoms with Gasteiger partial charge in [0.1, 0.15) is 17.1 Å². The number of aryl methyl sites for hydroxylation is 1. The predicted octanol–water partition coefficient (Wildman–Crippen LogP) is 8.78. The standard InChI is InChI=1S/C55H45FN8O6/c1-3-69-48(66)35-70-47-32-16-14-29-43(47)46(65)34-63-50-36(2)19-17-30-44(50)49(42-28-13-15-31-45(42)56)58-51(53(63)67)59-54(68)57-41-27-18-20-37(33-41)52-60-61-62-64(52)55(38-21-7-4-8-22-38,39-23-9-5-10-24-39)40-25-11-6-12-26-40/h4-33,51H,3,34-35H2,1-2H3,(H2,57,59,68). The molecule has 0 saturated carbocycles. The van der Waals surface area contributed by atoms with E-state index in [0.29, 0.717) is 33.9 Å². The highest BCUT2D eigenvalue weighted by Crippen LogP contribution is 2.42. The van der Waals surface area contributed by atoms with Crippen LogP contribution in [-0.4, -0.2) is 75.5 Å². The molecule has 1 aromatic heterocycles. The van der Waals surface area contributed by atoms with Crippen LogP contribution in [0.2, 0.25) is 0 Å². The average Bonchev–Trinajstić information content (AvgIpc) is 3.84. The Balaban J connectivity index is 1.06. The van der Waals surface area contributed by atoms with Gasteiger partial charge in [-0.05, 0) is 82.9 Å². The molecule has 0 fully saturated rings. The molecule has 1 aliphatic heterocycles. The Morgan fingerprint density at radius 1 is 0.729 bits per heavy atom. The number of carbonyl (C=O) groups excluding carboxylic acids is 4. The lowest BCUT2D eigenvalue weighted by Gasteiger charge is -2.36. The molecule has 2 heterocycles. The summed E-state index contributed by atoms with van der Waals surface area (Å²) in [6, 6.07) is 53.4. The van der Waals surface area contributed by atoms with E-state index in [1.54, 1.807) is 73.1 Å². The third kappa shape index (κ3) is 9.15. The molecule has 0 bridgehead atoms. The zero-order chi connectivity index (χ0) is 48.6. The molecule has 0 spiro atoms. The number of nitrogens with zero attached hydrogens (tertiary/aromatic N) is 6. The first kappa shape index (κ1) is 46.0. The van der Waals surface area contributed by atoms with Crippen molar-refractivity contribution < 1.29 is 33.0 Å². The monoisotopic (exact) mass is 932 g/mol. The molecule has 7 aromatic carbocycles. The summed E-state index contributed by atoms with van der Waals surface area (Å²) in [5.41, 5.74) is 4.00. The number of tetrazole rings is 1. The van der Waals surface area contributed by atoms with Crippen LogP contribution in [0.5, 0.6) is 5.75 Å². The maximum atomic E-state index is 15.8. The fourth-order valence-corrected chi connectivity index (χ4v) is 8.76. The van der Waals surface area contributed by atoms with Gasteiger partial charge in [0.25, 0.3) is 5.91 Å². The van der Waals surface area contributed by atoms with E-state index in [1.165, 1.54) is 35.2 Å². The summed E-state index contributed by atoms with van der Waals surface area (Å²) in [7, 11) is 0. The predicted molar refractivity (Wildman–Crippen MR) is 262 cm³/mol. The highest BCUT2D eigenvalue weighted by Gasteiger charge is 2.42. The zero-order valence-corrected chi connectivity index (χ0v) is 38.0. The number of hydrogen-bond donors (Lipinski definition) is 2. The lowest BCUT2D eigenvalue weighted by Crippen LogP contribution is -2.50.